The van der Waals surface area contributed by atoms with E-state index in [0.29, 0.717) is 12.0 Å². The number of carbonyl (C=O) groups is 1. The van der Waals surface area contributed by atoms with Crippen LogP contribution in [-0.2, 0) is 11.3 Å². The fourth-order valence-electron chi connectivity index (χ4n) is 4.19. The average molecular weight is 394 g/mol. The summed E-state index contributed by atoms with van der Waals surface area (Å²) in [6.45, 7) is 0.196. The van der Waals surface area contributed by atoms with Crippen molar-refractivity contribution in [2.24, 2.45) is 0 Å². The normalized spacial score (nSPS) is 20.6. The number of ether oxygens (including phenoxy) is 1. The molecule has 6 heteroatoms. The highest BCUT2D eigenvalue weighted by Gasteiger charge is 2.38. The quantitative estimate of drug-likeness (QED) is 0.720. The molecule has 2 aliphatic heterocycles. The van der Waals surface area contributed by atoms with Gasteiger partial charge < -0.3 is 4.74 Å². The molecule has 0 radical (unpaired) electrons. The lowest BCUT2D eigenvalue weighted by molar-refractivity contribution is 0.0510. The van der Waals surface area contributed by atoms with Gasteiger partial charge in [0.25, 0.3) is 0 Å². The summed E-state index contributed by atoms with van der Waals surface area (Å²) in [5.74, 6) is -1.35. The van der Waals surface area contributed by atoms with Crippen molar-refractivity contribution < 1.29 is 18.3 Å². The van der Waals surface area contributed by atoms with Gasteiger partial charge in [-0.3, -0.25) is 4.90 Å². The largest absolute Gasteiger partial charge is 0.445 e. The second kappa shape index (κ2) is 8.04. The standard InChI is InChI=1S/C23H20F2N2O2/c24-21-12-20(22(25)11-17(21)13-26)16-9-18-7-4-8-19(10-16)27(18)23(28)29-14-15-5-2-1-3-6-15/h1-3,5-6,9,11-12,18-19H,4,7-8,10,14H2. The Labute approximate surface area is 168 Å². The van der Waals surface area contributed by atoms with Crippen LogP contribution in [0.4, 0.5) is 13.6 Å². The summed E-state index contributed by atoms with van der Waals surface area (Å²) < 4.78 is 34.0. The first-order valence-corrected chi connectivity index (χ1v) is 9.66. The van der Waals surface area contributed by atoms with Gasteiger partial charge in [0.15, 0.2) is 0 Å². The molecule has 0 saturated carbocycles. The maximum absolute atomic E-state index is 14.5. The van der Waals surface area contributed by atoms with Crippen molar-refractivity contribution >= 4 is 11.7 Å². The average Bonchev–Trinajstić information content (AvgIpc) is 2.73. The van der Waals surface area contributed by atoms with Crippen LogP contribution in [0.25, 0.3) is 5.57 Å². The van der Waals surface area contributed by atoms with Crippen molar-refractivity contribution in [3.8, 4) is 6.07 Å². The Kier molecular flexibility index (Phi) is 5.30. The lowest BCUT2D eigenvalue weighted by atomic mass is 9.83. The van der Waals surface area contributed by atoms with E-state index in [-0.39, 0.29) is 35.9 Å². The van der Waals surface area contributed by atoms with E-state index in [1.54, 1.807) is 11.0 Å². The summed E-state index contributed by atoms with van der Waals surface area (Å²) in [7, 11) is 0. The van der Waals surface area contributed by atoms with E-state index in [1.807, 2.05) is 36.4 Å². The number of halogens is 2. The predicted octanol–water partition coefficient (Wildman–Crippen LogP) is 5.18. The fraction of sp³-hybridized carbons (Fsp3) is 0.304. The molecule has 0 spiro atoms. The molecule has 2 atom stereocenters. The summed E-state index contributed by atoms with van der Waals surface area (Å²) in [4.78, 5) is 14.5. The van der Waals surface area contributed by atoms with Crippen LogP contribution >= 0.6 is 0 Å². The number of hydrogen-bond acceptors (Lipinski definition) is 3. The molecule has 4 nitrogen and oxygen atoms in total. The molecule has 2 aromatic rings. The van der Waals surface area contributed by atoms with Gasteiger partial charge in [-0.1, -0.05) is 36.4 Å². The lowest BCUT2D eigenvalue weighted by Crippen LogP contribution is -2.51. The van der Waals surface area contributed by atoms with Crippen LogP contribution in [0.5, 0.6) is 0 Å². The van der Waals surface area contributed by atoms with Gasteiger partial charge in [0.1, 0.15) is 24.3 Å². The first-order valence-electron chi connectivity index (χ1n) is 9.66. The third kappa shape index (κ3) is 3.86. The van der Waals surface area contributed by atoms with Crippen molar-refractivity contribution in [2.75, 3.05) is 0 Å². The van der Waals surface area contributed by atoms with Gasteiger partial charge in [-0.2, -0.15) is 5.26 Å². The van der Waals surface area contributed by atoms with Crippen LogP contribution in [0.15, 0.2) is 48.5 Å². The van der Waals surface area contributed by atoms with E-state index >= 15 is 0 Å². The number of rotatable bonds is 3. The molecular formula is C23H20F2N2O2. The van der Waals surface area contributed by atoms with E-state index in [9.17, 15) is 13.6 Å². The molecule has 4 rings (SSSR count). The Morgan fingerprint density at radius 3 is 2.69 bits per heavy atom. The summed E-state index contributed by atoms with van der Waals surface area (Å²) >= 11 is 0. The van der Waals surface area contributed by atoms with Gasteiger partial charge in [0.2, 0.25) is 0 Å². The number of nitriles is 1. The second-order valence-corrected chi connectivity index (χ2v) is 7.42. The van der Waals surface area contributed by atoms with Crippen molar-refractivity contribution in [1.82, 2.24) is 4.90 Å². The molecule has 0 aromatic heterocycles. The van der Waals surface area contributed by atoms with Crippen LogP contribution in [-0.4, -0.2) is 23.1 Å². The van der Waals surface area contributed by atoms with Crippen LogP contribution in [0, 0.1) is 23.0 Å². The zero-order valence-corrected chi connectivity index (χ0v) is 15.8. The maximum atomic E-state index is 14.5. The Morgan fingerprint density at radius 2 is 1.97 bits per heavy atom. The van der Waals surface area contributed by atoms with Gasteiger partial charge in [-0.15, -0.1) is 0 Å². The molecule has 2 unspecified atom stereocenters. The number of hydrogen-bond donors (Lipinski definition) is 0. The number of nitrogens with zero attached hydrogens (tertiary/aromatic N) is 2. The molecule has 2 bridgehead atoms. The SMILES string of the molecule is N#Cc1cc(F)c(C2=CC3CCCC(C2)N3C(=O)OCc2ccccc2)cc1F. The topological polar surface area (TPSA) is 53.3 Å². The van der Waals surface area contributed by atoms with Gasteiger partial charge in [-0.05, 0) is 49.0 Å². The van der Waals surface area contributed by atoms with Crippen LogP contribution in [0.2, 0.25) is 0 Å². The maximum Gasteiger partial charge on any atom is 0.410 e. The Balaban J connectivity index is 1.55. The molecule has 1 amide bonds. The third-order valence-electron chi connectivity index (χ3n) is 5.58. The first-order chi connectivity index (χ1) is 14.1. The molecule has 2 aliphatic rings. The third-order valence-corrected chi connectivity index (χ3v) is 5.58. The van der Waals surface area contributed by atoms with E-state index in [4.69, 9.17) is 10.00 Å². The first kappa shape index (κ1) is 19.1. The van der Waals surface area contributed by atoms with Crippen molar-refractivity contribution in [3.63, 3.8) is 0 Å². The Morgan fingerprint density at radius 1 is 1.17 bits per heavy atom. The molecule has 0 aliphatic carbocycles. The number of fused-ring (bicyclic) bond motifs is 2. The molecule has 0 N–H and O–H groups in total. The molecular weight excluding hydrogens is 374 g/mol. The molecule has 29 heavy (non-hydrogen) atoms. The molecule has 1 saturated heterocycles. The van der Waals surface area contributed by atoms with Crippen LogP contribution < -0.4 is 0 Å². The lowest BCUT2D eigenvalue weighted by Gasteiger charge is -2.44. The highest BCUT2D eigenvalue weighted by Crippen LogP contribution is 2.38. The van der Waals surface area contributed by atoms with Gasteiger partial charge in [0.05, 0.1) is 11.6 Å². The zero-order chi connectivity index (χ0) is 20.4. The van der Waals surface area contributed by atoms with Gasteiger partial charge in [0, 0.05) is 11.6 Å². The second-order valence-electron chi connectivity index (χ2n) is 7.42. The van der Waals surface area contributed by atoms with Crippen molar-refractivity contribution in [3.05, 3.63) is 76.9 Å². The molecule has 1 fully saturated rings. The Bertz CT molecular complexity index is 998. The van der Waals surface area contributed by atoms with E-state index in [2.05, 4.69) is 0 Å². The van der Waals surface area contributed by atoms with Crippen LogP contribution in [0.1, 0.15) is 42.4 Å². The van der Waals surface area contributed by atoms with Gasteiger partial charge >= 0.3 is 6.09 Å². The Hall–Kier alpha value is -3.20. The van der Waals surface area contributed by atoms with Crippen molar-refractivity contribution in [2.45, 2.75) is 44.4 Å². The molecule has 2 aromatic carbocycles. The zero-order valence-electron chi connectivity index (χ0n) is 15.8. The fourth-order valence-corrected chi connectivity index (χ4v) is 4.19. The minimum absolute atomic E-state index is 0.116. The smallest absolute Gasteiger partial charge is 0.410 e. The number of carbonyl (C=O) groups excluding carboxylic acids is 1. The summed E-state index contributed by atoms with van der Waals surface area (Å²) in [6, 6.07) is 12.8. The van der Waals surface area contributed by atoms with E-state index in [1.165, 1.54) is 0 Å². The van der Waals surface area contributed by atoms with Gasteiger partial charge in [-0.25, -0.2) is 13.6 Å². The summed E-state index contributed by atoms with van der Waals surface area (Å²) in [5.41, 5.74) is 1.44. The highest BCUT2D eigenvalue weighted by molar-refractivity contribution is 5.75. The van der Waals surface area contributed by atoms with E-state index < -0.39 is 11.6 Å². The minimum atomic E-state index is -0.736. The summed E-state index contributed by atoms with van der Waals surface area (Å²) in [5, 5.41) is 8.87. The van der Waals surface area contributed by atoms with Crippen LogP contribution in [0.3, 0.4) is 0 Å². The minimum Gasteiger partial charge on any atom is -0.445 e. The highest BCUT2D eigenvalue weighted by atomic mass is 19.1. The predicted molar refractivity (Wildman–Crippen MR) is 104 cm³/mol. The van der Waals surface area contributed by atoms with E-state index in [0.717, 1.165) is 37.0 Å². The molecule has 148 valence electrons. The number of piperidine rings is 1. The number of benzene rings is 2. The molecule has 2 heterocycles. The number of amides is 1. The monoisotopic (exact) mass is 394 g/mol. The van der Waals surface area contributed by atoms with Crippen molar-refractivity contribution in [1.29, 1.82) is 5.26 Å². The summed E-state index contributed by atoms with van der Waals surface area (Å²) in [6.07, 6.45) is 4.38.